The van der Waals surface area contributed by atoms with E-state index < -0.39 is 18.0 Å². The second-order valence-corrected chi connectivity index (χ2v) is 5.27. The molecular weight excluding hydrogens is 304 g/mol. The van der Waals surface area contributed by atoms with E-state index in [-0.39, 0.29) is 5.69 Å². The minimum Gasteiger partial charge on any atom is -0.448 e. The van der Waals surface area contributed by atoms with E-state index >= 15 is 0 Å². The summed E-state index contributed by atoms with van der Waals surface area (Å²) in [4.78, 5) is 31.6. The molecule has 1 amide bonds. The maximum atomic E-state index is 12.0. The van der Waals surface area contributed by atoms with Gasteiger partial charge in [-0.3, -0.25) is 9.78 Å². The van der Waals surface area contributed by atoms with Gasteiger partial charge in [-0.25, -0.2) is 9.78 Å². The van der Waals surface area contributed by atoms with Crippen LogP contribution in [-0.4, -0.2) is 27.9 Å². The first kappa shape index (κ1) is 15.6. The first-order valence-corrected chi connectivity index (χ1v) is 7.17. The van der Waals surface area contributed by atoms with Crippen LogP contribution in [0.15, 0.2) is 23.8 Å². The van der Waals surface area contributed by atoms with Gasteiger partial charge in [0.2, 0.25) is 0 Å². The lowest BCUT2D eigenvalue weighted by Crippen LogP contribution is -2.30. The van der Waals surface area contributed by atoms with E-state index in [1.807, 2.05) is 6.07 Å². The first-order chi connectivity index (χ1) is 10.5. The van der Waals surface area contributed by atoms with Crippen LogP contribution in [0.4, 0.5) is 5.00 Å². The van der Waals surface area contributed by atoms with Crippen molar-refractivity contribution in [2.75, 3.05) is 5.32 Å². The Morgan fingerprint density at radius 2 is 2.18 bits per heavy atom. The quantitative estimate of drug-likeness (QED) is 0.864. The van der Waals surface area contributed by atoms with Gasteiger partial charge in [0.1, 0.15) is 11.1 Å². The second-order valence-electron chi connectivity index (χ2n) is 4.36. The van der Waals surface area contributed by atoms with Crippen molar-refractivity contribution in [1.29, 1.82) is 5.26 Å². The minimum atomic E-state index is -1.02. The number of nitrogens with zero attached hydrogens (tertiary/aromatic N) is 3. The highest BCUT2D eigenvalue weighted by Gasteiger charge is 2.21. The summed E-state index contributed by atoms with van der Waals surface area (Å²) in [6, 6.07) is 3.56. The van der Waals surface area contributed by atoms with Gasteiger partial charge in [0, 0.05) is 6.20 Å². The molecule has 2 rings (SSSR count). The molecule has 0 radical (unpaired) electrons. The molecule has 1 N–H and O–H groups in total. The zero-order chi connectivity index (χ0) is 16.1. The molecule has 0 fully saturated rings. The molecule has 1 atom stereocenters. The zero-order valence-corrected chi connectivity index (χ0v) is 12.7. The Hall–Kier alpha value is -2.79. The highest BCUT2D eigenvalue weighted by molar-refractivity contribution is 7.14. The Morgan fingerprint density at radius 3 is 2.82 bits per heavy atom. The van der Waals surface area contributed by atoms with Crippen LogP contribution >= 0.6 is 11.3 Å². The van der Waals surface area contributed by atoms with Crippen LogP contribution in [0.1, 0.15) is 28.7 Å². The predicted molar refractivity (Wildman–Crippen MR) is 79.3 cm³/mol. The Morgan fingerprint density at radius 1 is 1.41 bits per heavy atom. The van der Waals surface area contributed by atoms with E-state index in [2.05, 4.69) is 15.3 Å². The number of anilines is 1. The lowest BCUT2D eigenvalue weighted by Gasteiger charge is -2.12. The minimum absolute atomic E-state index is 0.0269. The second kappa shape index (κ2) is 6.78. The molecule has 2 aromatic heterocycles. The average molecular weight is 316 g/mol. The fraction of sp³-hybridized carbons (Fsp3) is 0.214. The van der Waals surface area contributed by atoms with Gasteiger partial charge in [0.15, 0.2) is 11.8 Å². The molecule has 0 aliphatic carbocycles. The highest BCUT2D eigenvalue weighted by Crippen LogP contribution is 2.22. The molecule has 0 spiro atoms. The normalized spacial score (nSPS) is 11.3. The van der Waals surface area contributed by atoms with Gasteiger partial charge in [0.25, 0.3) is 5.91 Å². The summed E-state index contributed by atoms with van der Waals surface area (Å²) in [5.74, 6) is -1.26. The number of thiophene rings is 1. The lowest BCUT2D eigenvalue weighted by molar-refractivity contribution is -0.123. The summed E-state index contributed by atoms with van der Waals surface area (Å²) in [5.41, 5.74) is 1.06. The molecule has 0 aliphatic heterocycles. The third-order valence-corrected chi connectivity index (χ3v) is 3.50. The van der Waals surface area contributed by atoms with Gasteiger partial charge >= 0.3 is 5.97 Å². The van der Waals surface area contributed by atoms with E-state index in [0.29, 0.717) is 16.3 Å². The molecule has 8 heteroatoms. The Kier molecular flexibility index (Phi) is 4.80. The number of carbonyl (C=O) groups is 2. The van der Waals surface area contributed by atoms with Crippen molar-refractivity contribution in [1.82, 2.24) is 9.97 Å². The number of amides is 1. The van der Waals surface area contributed by atoms with Crippen molar-refractivity contribution < 1.29 is 14.3 Å². The van der Waals surface area contributed by atoms with Gasteiger partial charge in [-0.1, -0.05) is 0 Å². The third-order valence-electron chi connectivity index (χ3n) is 2.67. The monoisotopic (exact) mass is 316 g/mol. The van der Waals surface area contributed by atoms with E-state index in [1.54, 1.807) is 18.4 Å². The standard InChI is InChI=1S/C14H12N4O3S/c1-8-6-17-11(7-16-8)14(20)21-9(2)12(19)18-13-10(5-15)3-4-22-13/h3-4,6-7,9H,1-2H3,(H,18,19). The number of aromatic nitrogens is 2. The molecular formula is C14H12N4O3S. The van der Waals surface area contributed by atoms with Crippen molar-refractivity contribution in [3.63, 3.8) is 0 Å². The molecule has 0 saturated carbocycles. The topological polar surface area (TPSA) is 105 Å². The summed E-state index contributed by atoms with van der Waals surface area (Å²) in [6.45, 7) is 3.18. The van der Waals surface area contributed by atoms with Crippen molar-refractivity contribution >= 4 is 28.2 Å². The molecule has 22 heavy (non-hydrogen) atoms. The van der Waals surface area contributed by atoms with E-state index in [9.17, 15) is 9.59 Å². The molecule has 2 aromatic rings. The van der Waals surface area contributed by atoms with Gasteiger partial charge < -0.3 is 10.1 Å². The Labute approximate surface area is 130 Å². The number of nitriles is 1. The van der Waals surface area contributed by atoms with Crippen LogP contribution in [-0.2, 0) is 9.53 Å². The number of carbonyl (C=O) groups excluding carboxylic acids is 2. The molecule has 7 nitrogen and oxygen atoms in total. The van der Waals surface area contributed by atoms with Crippen LogP contribution in [0.25, 0.3) is 0 Å². The van der Waals surface area contributed by atoms with Crippen molar-refractivity contribution in [2.24, 2.45) is 0 Å². The van der Waals surface area contributed by atoms with Gasteiger partial charge in [-0.15, -0.1) is 11.3 Å². The Bertz CT molecular complexity index is 733. The highest BCUT2D eigenvalue weighted by atomic mass is 32.1. The molecule has 0 bridgehead atoms. The van der Waals surface area contributed by atoms with Gasteiger partial charge in [0.05, 0.1) is 17.5 Å². The lowest BCUT2D eigenvalue weighted by atomic mass is 10.3. The number of hydrogen-bond donors (Lipinski definition) is 1. The van der Waals surface area contributed by atoms with E-state index in [0.717, 1.165) is 0 Å². The fourth-order valence-electron chi connectivity index (χ4n) is 1.48. The van der Waals surface area contributed by atoms with Crippen molar-refractivity contribution in [2.45, 2.75) is 20.0 Å². The number of ether oxygens (including phenoxy) is 1. The summed E-state index contributed by atoms with van der Waals surface area (Å²) < 4.78 is 5.03. The first-order valence-electron chi connectivity index (χ1n) is 6.29. The summed E-state index contributed by atoms with van der Waals surface area (Å²) in [5, 5.41) is 13.5. The van der Waals surface area contributed by atoms with Crippen LogP contribution in [0.3, 0.4) is 0 Å². The number of aryl methyl sites for hydroxylation is 1. The van der Waals surface area contributed by atoms with Crippen LogP contribution < -0.4 is 5.32 Å². The maximum absolute atomic E-state index is 12.0. The number of esters is 1. The molecule has 2 heterocycles. The number of rotatable bonds is 4. The van der Waals surface area contributed by atoms with Crippen LogP contribution in [0.5, 0.6) is 0 Å². The SMILES string of the molecule is Cc1cnc(C(=O)OC(C)C(=O)Nc2sccc2C#N)cn1. The van der Waals surface area contributed by atoms with Crippen molar-refractivity contribution in [3.05, 3.63) is 40.8 Å². The maximum Gasteiger partial charge on any atom is 0.359 e. The van der Waals surface area contributed by atoms with Gasteiger partial charge in [-0.2, -0.15) is 5.26 Å². The largest absolute Gasteiger partial charge is 0.448 e. The molecule has 112 valence electrons. The molecule has 0 aliphatic rings. The van der Waals surface area contributed by atoms with Crippen LogP contribution in [0, 0.1) is 18.3 Å². The molecule has 0 saturated heterocycles. The fourth-order valence-corrected chi connectivity index (χ4v) is 2.22. The smallest absolute Gasteiger partial charge is 0.359 e. The van der Waals surface area contributed by atoms with Crippen LogP contribution in [0.2, 0.25) is 0 Å². The van der Waals surface area contributed by atoms with Crippen molar-refractivity contribution in [3.8, 4) is 6.07 Å². The Balaban J connectivity index is 1.98. The average Bonchev–Trinajstić information content (AvgIpc) is 2.94. The molecule has 0 aromatic carbocycles. The van der Waals surface area contributed by atoms with E-state index in [1.165, 1.54) is 30.7 Å². The summed E-state index contributed by atoms with van der Waals surface area (Å²) >= 11 is 1.22. The zero-order valence-electron chi connectivity index (χ0n) is 11.9. The summed E-state index contributed by atoms with van der Waals surface area (Å²) in [7, 11) is 0. The predicted octanol–water partition coefficient (Wildman–Crippen LogP) is 1.90. The van der Waals surface area contributed by atoms with E-state index in [4.69, 9.17) is 10.00 Å². The third kappa shape index (κ3) is 3.65. The molecule has 1 unspecified atom stereocenters. The summed E-state index contributed by atoms with van der Waals surface area (Å²) in [6.07, 6.45) is 1.70. The number of hydrogen-bond acceptors (Lipinski definition) is 7. The van der Waals surface area contributed by atoms with Gasteiger partial charge in [-0.05, 0) is 25.3 Å². The number of nitrogens with one attached hydrogen (secondary N) is 1.